The molecule has 10 heteroatoms. The van der Waals surface area contributed by atoms with E-state index >= 15 is 0 Å². The van der Waals surface area contributed by atoms with Gasteiger partial charge in [0.05, 0.1) is 26.9 Å². The molecule has 0 spiro atoms. The van der Waals surface area contributed by atoms with Crippen LogP contribution in [0.2, 0.25) is 0 Å². The third-order valence-electron chi connectivity index (χ3n) is 5.60. The summed E-state index contributed by atoms with van der Waals surface area (Å²) < 4.78 is 25.6. The quantitative estimate of drug-likeness (QED) is 0.243. The Morgan fingerprint density at radius 3 is 1.51 bits per heavy atom. The van der Waals surface area contributed by atoms with Gasteiger partial charge in [0.25, 0.3) is 0 Å². The Bertz CT molecular complexity index is 1410. The highest BCUT2D eigenvalue weighted by atomic mass is 16.7. The molecule has 0 bridgehead atoms. The van der Waals surface area contributed by atoms with Crippen LogP contribution < -0.4 is 18.9 Å². The van der Waals surface area contributed by atoms with Gasteiger partial charge < -0.3 is 23.7 Å². The van der Waals surface area contributed by atoms with E-state index in [4.69, 9.17) is 18.9 Å². The van der Waals surface area contributed by atoms with Gasteiger partial charge in [0, 0.05) is 28.3 Å². The lowest BCUT2D eigenvalue weighted by atomic mass is 9.91. The van der Waals surface area contributed by atoms with Gasteiger partial charge in [0.2, 0.25) is 29.9 Å². The summed E-state index contributed by atoms with van der Waals surface area (Å²) in [7, 11) is 4.00. The van der Waals surface area contributed by atoms with Crippen molar-refractivity contribution in [1.29, 1.82) is 0 Å². The second-order valence-corrected chi connectivity index (χ2v) is 7.74. The highest BCUT2D eigenvalue weighted by Gasteiger charge is 2.31. The number of methoxy groups -OCH3 is 3. The van der Waals surface area contributed by atoms with Crippen molar-refractivity contribution >= 4 is 29.1 Å². The predicted octanol–water partition coefficient (Wildman–Crippen LogP) is 3.35. The summed E-state index contributed by atoms with van der Waals surface area (Å²) >= 11 is 0. The summed E-state index contributed by atoms with van der Waals surface area (Å²) in [6.45, 7) is -0.162. The maximum Gasteiger partial charge on any atom is 0.337 e. The number of benzene rings is 3. The zero-order chi connectivity index (χ0) is 26.7. The third-order valence-corrected chi connectivity index (χ3v) is 5.60. The Hall–Kier alpha value is -4.99. The normalized spacial score (nSPS) is 11.4. The zero-order valence-electron chi connectivity index (χ0n) is 20.0. The fraction of sp³-hybridized carbons (Fsp3) is 0.148. The first-order valence-electron chi connectivity index (χ1n) is 10.8. The number of rotatable bonds is 9. The number of Topliss-reactive ketones (excluding diaryl/α,β-unsaturated/α-hetero) is 4. The topological polar surface area (TPSA) is 132 Å². The van der Waals surface area contributed by atoms with E-state index in [2.05, 4.69) is 4.74 Å². The number of hydrogen-bond donors (Lipinski definition) is 0. The molecule has 0 atom stereocenters. The van der Waals surface area contributed by atoms with E-state index in [9.17, 15) is 24.0 Å². The molecule has 0 saturated heterocycles. The highest BCUT2D eigenvalue weighted by molar-refractivity contribution is 6.54. The molecule has 37 heavy (non-hydrogen) atoms. The van der Waals surface area contributed by atoms with Gasteiger partial charge in [-0.05, 0) is 36.4 Å². The second kappa shape index (κ2) is 10.3. The van der Waals surface area contributed by atoms with Gasteiger partial charge in [-0.1, -0.05) is 12.1 Å². The lowest BCUT2D eigenvalue weighted by Crippen LogP contribution is -2.22. The van der Waals surface area contributed by atoms with Gasteiger partial charge in [0.15, 0.2) is 11.5 Å². The minimum Gasteiger partial charge on any atom is -0.497 e. The Morgan fingerprint density at radius 2 is 1.05 bits per heavy atom. The maximum atomic E-state index is 13.3. The van der Waals surface area contributed by atoms with Crippen LogP contribution in [0, 0.1) is 0 Å². The number of fused-ring (bicyclic) bond motifs is 1. The van der Waals surface area contributed by atoms with Crippen molar-refractivity contribution in [2.24, 2.45) is 0 Å². The van der Waals surface area contributed by atoms with Crippen LogP contribution in [0.1, 0.15) is 51.8 Å². The van der Waals surface area contributed by atoms with Gasteiger partial charge in [-0.25, -0.2) is 4.79 Å². The summed E-state index contributed by atoms with van der Waals surface area (Å²) in [6.07, 6.45) is 0. The summed E-state index contributed by atoms with van der Waals surface area (Å²) in [6, 6.07) is 11.9. The molecule has 0 unspecified atom stereocenters. The van der Waals surface area contributed by atoms with Gasteiger partial charge in [-0.2, -0.15) is 0 Å². The van der Waals surface area contributed by atoms with Crippen LogP contribution in [0.5, 0.6) is 23.0 Å². The molecule has 3 aromatic carbocycles. The van der Waals surface area contributed by atoms with E-state index in [-0.39, 0.29) is 57.6 Å². The Morgan fingerprint density at radius 1 is 0.595 bits per heavy atom. The predicted molar refractivity (Wildman–Crippen MR) is 127 cm³/mol. The molecule has 3 aromatic rings. The summed E-state index contributed by atoms with van der Waals surface area (Å²) in [4.78, 5) is 64.4. The van der Waals surface area contributed by atoms with Crippen molar-refractivity contribution in [3.8, 4) is 23.0 Å². The molecule has 0 aromatic heterocycles. The second-order valence-electron chi connectivity index (χ2n) is 7.74. The zero-order valence-corrected chi connectivity index (χ0v) is 20.0. The van der Waals surface area contributed by atoms with Crippen molar-refractivity contribution in [2.45, 2.75) is 0 Å². The maximum absolute atomic E-state index is 13.3. The van der Waals surface area contributed by atoms with Crippen molar-refractivity contribution in [1.82, 2.24) is 0 Å². The van der Waals surface area contributed by atoms with Crippen LogP contribution in [0.3, 0.4) is 0 Å². The lowest BCUT2D eigenvalue weighted by Gasteiger charge is -2.11. The van der Waals surface area contributed by atoms with E-state index in [0.717, 1.165) is 0 Å². The number of carbonyl (C=O) groups excluding carboxylic acids is 5. The number of ketones is 4. The number of hydrogen-bond acceptors (Lipinski definition) is 10. The van der Waals surface area contributed by atoms with Crippen LogP contribution >= 0.6 is 0 Å². The molecule has 1 aliphatic rings. The Labute approximate surface area is 210 Å². The molecular formula is C27H20O10. The summed E-state index contributed by atoms with van der Waals surface area (Å²) in [5.74, 6) is -3.78. The third kappa shape index (κ3) is 4.90. The van der Waals surface area contributed by atoms with Crippen molar-refractivity contribution in [3.05, 3.63) is 82.4 Å². The van der Waals surface area contributed by atoms with Gasteiger partial charge >= 0.3 is 5.97 Å². The molecule has 0 radical (unpaired) electrons. The van der Waals surface area contributed by atoms with Gasteiger partial charge in [-0.15, -0.1) is 0 Å². The fourth-order valence-electron chi connectivity index (χ4n) is 3.64. The molecule has 1 heterocycles. The molecule has 0 N–H and O–H groups in total. The minimum atomic E-state index is -1.05. The van der Waals surface area contributed by atoms with Crippen LogP contribution in [0.25, 0.3) is 0 Å². The van der Waals surface area contributed by atoms with Crippen molar-refractivity contribution in [2.75, 3.05) is 28.1 Å². The molecule has 0 fully saturated rings. The first kappa shape index (κ1) is 25.1. The monoisotopic (exact) mass is 504 g/mol. The number of carbonyl (C=O) groups is 5. The van der Waals surface area contributed by atoms with Crippen LogP contribution in [0.4, 0.5) is 0 Å². The largest absolute Gasteiger partial charge is 0.497 e. The molecule has 0 saturated carbocycles. The van der Waals surface area contributed by atoms with E-state index in [0.29, 0.717) is 0 Å². The van der Waals surface area contributed by atoms with E-state index < -0.39 is 29.1 Å². The SMILES string of the molecule is COC(=O)c1ccc(C(=O)C(=O)c2cc3c(cc2C(=O)C(=O)c2cc(OC)cc(OC)c2)OCO3)cc1. The average molecular weight is 504 g/mol. The van der Waals surface area contributed by atoms with E-state index in [1.807, 2.05) is 0 Å². The first-order chi connectivity index (χ1) is 17.8. The summed E-state index contributed by atoms with van der Waals surface area (Å²) in [5.41, 5.74) is -0.551. The molecule has 0 aliphatic carbocycles. The molecule has 1 aliphatic heterocycles. The van der Waals surface area contributed by atoms with Crippen molar-refractivity contribution < 1.29 is 47.7 Å². The molecule has 188 valence electrons. The van der Waals surface area contributed by atoms with Gasteiger partial charge in [0.1, 0.15) is 11.5 Å². The molecular weight excluding hydrogens is 484 g/mol. The molecule has 4 rings (SSSR count). The summed E-state index contributed by atoms with van der Waals surface area (Å²) in [5, 5.41) is 0. The fourth-order valence-corrected chi connectivity index (χ4v) is 3.64. The Kier molecular flexibility index (Phi) is 7.01. The first-order valence-corrected chi connectivity index (χ1v) is 10.8. The van der Waals surface area contributed by atoms with E-state index in [1.165, 1.54) is 75.9 Å². The number of ether oxygens (including phenoxy) is 5. The minimum absolute atomic E-state index is 0.0300. The van der Waals surface area contributed by atoms with Crippen molar-refractivity contribution in [3.63, 3.8) is 0 Å². The van der Waals surface area contributed by atoms with E-state index in [1.54, 1.807) is 0 Å². The standard InChI is InChI=1S/C27H20O10/c1-33-17-8-16(9-18(10-17)34-2)24(29)26(31)20-12-22-21(36-13-37-22)11-19(20)25(30)23(28)14-4-6-15(7-5-14)27(32)35-3/h4-12H,13H2,1-3H3. The van der Waals surface area contributed by atoms with Gasteiger partial charge in [-0.3, -0.25) is 19.2 Å². The van der Waals surface area contributed by atoms with Crippen LogP contribution in [-0.4, -0.2) is 57.2 Å². The highest BCUT2D eigenvalue weighted by Crippen LogP contribution is 2.36. The van der Waals surface area contributed by atoms with Crippen LogP contribution in [-0.2, 0) is 4.74 Å². The number of esters is 1. The lowest BCUT2D eigenvalue weighted by molar-refractivity contribution is 0.0600. The van der Waals surface area contributed by atoms with Crippen LogP contribution in [0.15, 0.2) is 54.6 Å². The molecule has 10 nitrogen and oxygen atoms in total. The average Bonchev–Trinajstić information content (AvgIpc) is 3.41. The smallest absolute Gasteiger partial charge is 0.337 e. The Balaban J connectivity index is 1.73. The molecule has 0 amide bonds.